The highest BCUT2D eigenvalue weighted by Gasteiger charge is 2.27. The van der Waals surface area contributed by atoms with Crippen molar-refractivity contribution in [2.75, 3.05) is 6.54 Å². The van der Waals surface area contributed by atoms with Crippen molar-refractivity contribution in [1.29, 1.82) is 0 Å². The highest BCUT2D eigenvalue weighted by molar-refractivity contribution is 7.10. The number of hydrogen-bond donors (Lipinski definition) is 1. The molecule has 0 aliphatic carbocycles. The third-order valence-electron chi connectivity index (χ3n) is 3.87. The summed E-state index contributed by atoms with van der Waals surface area (Å²) in [4.78, 5) is 4.07. The minimum atomic E-state index is 0.141. The molecule has 1 aromatic heterocycles. The summed E-state index contributed by atoms with van der Waals surface area (Å²) < 4.78 is 0. The molecule has 0 amide bonds. The van der Waals surface area contributed by atoms with Gasteiger partial charge in [0.1, 0.15) is 0 Å². The molecule has 1 aromatic carbocycles. The Bertz CT molecular complexity index is 533. The van der Waals surface area contributed by atoms with E-state index < -0.39 is 0 Å². The Morgan fingerprint density at radius 3 is 2.74 bits per heavy atom. The van der Waals surface area contributed by atoms with E-state index in [-0.39, 0.29) is 6.04 Å². The van der Waals surface area contributed by atoms with E-state index in [1.54, 1.807) is 4.88 Å². The standard InChI is InChI=1S/C16H20N2S/c1-12(17)16(13-5-3-2-4-6-13)18-9-7-15-14(11-18)8-10-19-15/h2-6,8,10,12,16H,7,9,11,17H2,1H3. The van der Waals surface area contributed by atoms with Crippen molar-refractivity contribution in [3.8, 4) is 0 Å². The van der Waals surface area contributed by atoms with Crippen LogP contribution in [0.25, 0.3) is 0 Å². The monoisotopic (exact) mass is 272 g/mol. The van der Waals surface area contributed by atoms with E-state index in [0.29, 0.717) is 6.04 Å². The van der Waals surface area contributed by atoms with Crippen molar-refractivity contribution < 1.29 is 0 Å². The number of fused-ring (bicyclic) bond motifs is 1. The molecular formula is C16H20N2S. The van der Waals surface area contributed by atoms with Gasteiger partial charge in [0.15, 0.2) is 0 Å². The first kappa shape index (κ1) is 12.9. The molecular weight excluding hydrogens is 252 g/mol. The molecule has 19 heavy (non-hydrogen) atoms. The Morgan fingerprint density at radius 2 is 2.00 bits per heavy atom. The molecule has 0 fully saturated rings. The van der Waals surface area contributed by atoms with E-state index in [0.717, 1.165) is 19.5 Å². The van der Waals surface area contributed by atoms with Gasteiger partial charge in [0.05, 0.1) is 0 Å². The van der Waals surface area contributed by atoms with Crippen LogP contribution < -0.4 is 5.73 Å². The van der Waals surface area contributed by atoms with Crippen molar-refractivity contribution in [2.24, 2.45) is 5.73 Å². The van der Waals surface area contributed by atoms with Crippen LogP contribution in [-0.2, 0) is 13.0 Å². The molecule has 1 aliphatic rings. The van der Waals surface area contributed by atoms with E-state index in [2.05, 4.69) is 53.6 Å². The lowest BCUT2D eigenvalue weighted by Gasteiger charge is -2.37. The fraction of sp³-hybridized carbons (Fsp3) is 0.375. The molecule has 2 aromatic rings. The van der Waals surface area contributed by atoms with Gasteiger partial charge in [0.25, 0.3) is 0 Å². The molecule has 3 rings (SSSR count). The number of rotatable bonds is 3. The highest BCUT2D eigenvalue weighted by Crippen LogP contribution is 2.31. The molecule has 0 saturated heterocycles. The lowest BCUT2D eigenvalue weighted by Crippen LogP contribution is -2.41. The Morgan fingerprint density at radius 1 is 1.21 bits per heavy atom. The number of benzene rings is 1. The minimum Gasteiger partial charge on any atom is -0.326 e. The third kappa shape index (κ3) is 2.59. The number of nitrogens with two attached hydrogens (primary N) is 1. The van der Waals surface area contributed by atoms with Crippen LogP contribution in [-0.4, -0.2) is 17.5 Å². The summed E-state index contributed by atoms with van der Waals surface area (Å²) in [6.07, 6.45) is 1.16. The van der Waals surface area contributed by atoms with Crippen LogP contribution in [0.3, 0.4) is 0 Å². The van der Waals surface area contributed by atoms with E-state index in [1.165, 1.54) is 11.1 Å². The number of hydrogen-bond acceptors (Lipinski definition) is 3. The average molecular weight is 272 g/mol. The summed E-state index contributed by atoms with van der Waals surface area (Å²) >= 11 is 1.89. The smallest absolute Gasteiger partial charge is 0.0500 e. The summed E-state index contributed by atoms with van der Waals surface area (Å²) in [6.45, 7) is 4.25. The molecule has 3 heteroatoms. The van der Waals surface area contributed by atoms with Gasteiger partial charge in [-0.1, -0.05) is 30.3 Å². The fourth-order valence-electron chi connectivity index (χ4n) is 3.00. The molecule has 0 saturated carbocycles. The van der Waals surface area contributed by atoms with Crippen LogP contribution in [0.2, 0.25) is 0 Å². The first-order chi connectivity index (χ1) is 9.25. The maximum absolute atomic E-state index is 6.26. The molecule has 1 aliphatic heterocycles. The average Bonchev–Trinajstić information content (AvgIpc) is 2.87. The van der Waals surface area contributed by atoms with Gasteiger partial charge < -0.3 is 5.73 Å². The zero-order valence-corrected chi connectivity index (χ0v) is 12.1. The van der Waals surface area contributed by atoms with Crippen LogP contribution >= 0.6 is 11.3 Å². The molecule has 2 heterocycles. The SMILES string of the molecule is CC(N)C(c1ccccc1)N1CCc2sccc2C1. The maximum atomic E-state index is 6.26. The van der Waals surface area contributed by atoms with Crippen molar-refractivity contribution in [3.05, 3.63) is 57.8 Å². The summed E-state index contributed by atoms with van der Waals surface area (Å²) in [5.41, 5.74) is 9.07. The fourth-order valence-corrected chi connectivity index (χ4v) is 3.89. The number of nitrogens with zero attached hydrogens (tertiary/aromatic N) is 1. The highest BCUT2D eigenvalue weighted by atomic mass is 32.1. The van der Waals surface area contributed by atoms with Gasteiger partial charge >= 0.3 is 0 Å². The quantitative estimate of drug-likeness (QED) is 0.929. The second-order valence-corrected chi connectivity index (χ2v) is 6.30. The van der Waals surface area contributed by atoms with E-state index in [1.807, 2.05) is 11.3 Å². The first-order valence-electron chi connectivity index (χ1n) is 6.85. The normalized spacial score (nSPS) is 18.8. The number of thiophene rings is 1. The van der Waals surface area contributed by atoms with Gasteiger partial charge in [-0.25, -0.2) is 0 Å². The van der Waals surface area contributed by atoms with Gasteiger partial charge in [-0.2, -0.15) is 0 Å². The summed E-state index contributed by atoms with van der Waals surface area (Å²) in [7, 11) is 0. The lowest BCUT2D eigenvalue weighted by atomic mass is 9.96. The van der Waals surface area contributed by atoms with Crippen LogP contribution in [0.1, 0.15) is 29.0 Å². The van der Waals surface area contributed by atoms with Crippen molar-refractivity contribution >= 4 is 11.3 Å². The minimum absolute atomic E-state index is 0.141. The Balaban J connectivity index is 1.87. The lowest BCUT2D eigenvalue weighted by molar-refractivity contribution is 0.161. The Labute approximate surface area is 118 Å². The zero-order valence-electron chi connectivity index (χ0n) is 11.3. The summed E-state index contributed by atoms with van der Waals surface area (Å²) in [5, 5.41) is 2.21. The van der Waals surface area contributed by atoms with Crippen LogP contribution in [0.4, 0.5) is 0 Å². The maximum Gasteiger partial charge on any atom is 0.0500 e. The third-order valence-corrected chi connectivity index (χ3v) is 4.89. The van der Waals surface area contributed by atoms with Gasteiger partial charge in [0, 0.05) is 30.1 Å². The predicted octanol–water partition coefficient (Wildman–Crippen LogP) is 3.19. The Kier molecular flexibility index (Phi) is 3.69. The molecule has 2 unspecified atom stereocenters. The second kappa shape index (κ2) is 5.45. The molecule has 100 valence electrons. The van der Waals surface area contributed by atoms with E-state index in [4.69, 9.17) is 5.73 Å². The van der Waals surface area contributed by atoms with Gasteiger partial charge in [0.2, 0.25) is 0 Å². The largest absolute Gasteiger partial charge is 0.326 e. The molecule has 0 radical (unpaired) electrons. The van der Waals surface area contributed by atoms with Crippen LogP contribution in [0.5, 0.6) is 0 Å². The summed E-state index contributed by atoms with van der Waals surface area (Å²) in [6, 6.07) is 13.4. The molecule has 2 atom stereocenters. The van der Waals surface area contributed by atoms with Crippen LogP contribution in [0, 0.1) is 0 Å². The van der Waals surface area contributed by atoms with Gasteiger partial charge in [-0.3, -0.25) is 4.90 Å². The Hall–Kier alpha value is -1.16. The van der Waals surface area contributed by atoms with Crippen molar-refractivity contribution in [2.45, 2.75) is 32.0 Å². The zero-order chi connectivity index (χ0) is 13.2. The molecule has 2 nitrogen and oxygen atoms in total. The topological polar surface area (TPSA) is 29.3 Å². The molecule has 2 N–H and O–H groups in total. The van der Waals surface area contributed by atoms with Gasteiger partial charge in [-0.05, 0) is 35.9 Å². The molecule has 0 bridgehead atoms. The second-order valence-electron chi connectivity index (χ2n) is 5.30. The van der Waals surface area contributed by atoms with E-state index >= 15 is 0 Å². The molecule has 0 spiro atoms. The van der Waals surface area contributed by atoms with Gasteiger partial charge in [-0.15, -0.1) is 11.3 Å². The van der Waals surface area contributed by atoms with Crippen molar-refractivity contribution in [1.82, 2.24) is 4.90 Å². The van der Waals surface area contributed by atoms with Crippen molar-refractivity contribution in [3.63, 3.8) is 0 Å². The van der Waals surface area contributed by atoms with Crippen LogP contribution in [0.15, 0.2) is 41.8 Å². The predicted molar refractivity (Wildman–Crippen MR) is 81.3 cm³/mol. The first-order valence-corrected chi connectivity index (χ1v) is 7.73. The summed E-state index contributed by atoms with van der Waals surface area (Å²) in [5.74, 6) is 0. The van der Waals surface area contributed by atoms with E-state index in [9.17, 15) is 0 Å².